The summed E-state index contributed by atoms with van der Waals surface area (Å²) in [4.78, 5) is 32.3. The van der Waals surface area contributed by atoms with Gasteiger partial charge in [0.25, 0.3) is 5.56 Å². The molecule has 0 radical (unpaired) electrons. The van der Waals surface area contributed by atoms with Crippen molar-refractivity contribution in [1.29, 1.82) is 0 Å². The van der Waals surface area contributed by atoms with E-state index in [2.05, 4.69) is 44.8 Å². The maximum Gasteiger partial charge on any atom is 0.265 e. The third kappa shape index (κ3) is 4.13. The van der Waals surface area contributed by atoms with Gasteiger partial charge < -0.3 is 0 Å². The average molecular weight is 501 g/mol. The van der Waals surface area contributed by atoms with E-state index < -0.39 is 0 Å². The SMILES string of the molecule is CCc1cccc(CC)c1-n1c2c(cc(-c3nc(-c4ccccc4F)cs3)c1=O)C(=O)CC(C)(C)C2. The Hall–Kier alpha value is -3.38. The Morgan fingerprint density at radius 1 is 0.944 bits per heavy atom. The van der Waals surface area contributed by atoms with Crippen molar-refractivity contribution in [3.63, 3.8) is 0 Å². The molecule has 4 nitrogen and oxygen atoms in total. The van der Waals surface area contributed by atoms with Gasteiger partial charge in [0, 0.05) is 28.6 Å². The molecule has 184 valence electrons. The number of hydrogen-bond acceptors (Lipinski definition) is 4. The minimum absolute atomic E-state index is 0.0363. The molecule has 36 heavy (non-hydrogen) atoms. The second kappa shape index (κ2) is 9.25. The molecular formula is C30H29FN2O2S. The molecule has 0 N–H and O–H groups in total. The van der Waals surface area contributed by atoms with E-state index in [1.54, 1.807) is 34.2 Å². The standard InChI is InChI=1S/C30H29FN2O2S/c1-5-18-10-9-11-19(6-2)27(18)33-25-15-30(3,4)16-26(34)21(25)14-22(29(33)35)28-32-24(17-36-28)20-12-7-8-13-23(20)31/h7-14,17H,5-6,15-16H2,1-4H3. The number of carbonyl (C=O) groups excluding carboxylic acids is 1. The van der Waals surface area contributed by atoms with Crippen LogP contribution in [0.4, 0.5) is 4.39 Å². The van der Waals surface area contributed by atoms with Gasteiger partial charge in [-0.05, 0) is 54.0 Å². The molecule has 0 fully saturated rings. The van der Waals surface area contributed by atoms with Gasteiger partial charge in [0.1, 0.15) is 10.8 Å². The van der Waals surface area contributed by atoms with E-state index in [0.29, 0.717) is 40.2 Å². The third-order valence-electron chi connectivity index (χ3n) is 6.96. The number of halogens is 1. The van der Waals surface area contributed by atoms with Gasteiger partial charge in [0.05, 0.1) is 16.9 Å². The molecule has 4 aromatic rings. The Bertz CT molecular complexity index is 1520. The number of Topliss-reactive ketones (excluding diaryl/α,β-unsaturated/α-hetero) is 1. The number of fused-ring (bicyclic) bond motifs is 1. The highest BCUT2D eigenvalue weighted by molar-refractivity contribution is 7.13. The highest BCUT2D eigenvalue weighted by Gasteiger charge is 2.35. The fourth-order valence-electron chi connectivity index (χ4n) is 5.20. The van der Waals surface area contributed by atoms with Crippen LogP contribution in [0.1, 0.15) is 61.3 Å². The van der Waals surface area contributed by atoms with E-state index in [4.69, 9.17) is 0 Å². The number of thiazole rings is 1. The maximum atomic E-state index is 14.4. The summed E-state index contributed by atoms with van der Waals surface area (Å²) in [6.45, 7) is 8.31. The molecule has 0 saturated carbocycles. The van der Waals surface area contributed by atoms with E-state index in [-0.39, 0.29) is 22.6 Å². The summed E-state index contributed by atoms with van der Waals surface area (Å²) in [6.07, 6.45) is 2.58. The van der Waals surface area contributed by atoms with Gasteiger partial charge in [-0.1, -0.05) is 58.0 Å². The number of carbonyl (C=O) groups is 1. The Morgan fingerprint density at radius 3 is 2.31 bits per heavy atom. The largest absolute Gasteiger partial charge is 0.294 e. The molecule has 1 aliphatic rings. The molecule has 2 aromatic heterocycles. The zero-order valence-corrected chi connectivity index (χ0v) is 21.8. The number of pyridine rings is 1. The van der Waals surface area contributed by atoms with E-state index in [1.165, 1.54) is 17.4 Å². The Kier molecular flexibility index (Phi) is 6.25. The fraction of sp³-hybridized carbons (Fsp3) is 0.300. The van der Waals surface area contributed by atoms with Gasteiger partial charge in [-0.25, -0.2) is 9.37 Å². The van der Waals surface area contributed by atoms with E-state index in [0.717, 1.165) is 35.3 Å². The van der Waals surface area contributed by atoms with Crippen LogP contribution in [-0.2, 0) is 19.3 Å². The maximum absolute atomic E-state index is 14.4. The first-order chi connectivity index (χ1) is 17.2. The smallest absolute Gasteiger partial charge is 0.265 e. The monoisotopic (exact) mass is 500 g/mol. The summed E-state index contributed by atoms with van der Waals surface area (Å²) in [5.41, 5.74) is 5.18. The molecule has 0 amide bonds. The summed E-state index contributed by atoms with van der Waals surface area (Å²) in [6, 6.07) is 14.3. The highest BCUT2D eigenvalue weighted by atomic mass is 32.1. The van der Waals surface area contributed by atoms with E-state index in [9.17, 15) is 14.0 Å². The summed E-state index contributed by atoms with van der Waals surface area (Å²) in [7, 11) is 0. The number of rotatable bonds is 5. The summed E-state index contributed by atoms with van der Waals surface area (Å²) in [5, 5.41) is 2.25. The van der Waals surface area contributed by atoms with Crippen LogP contribution in [0.5, 0.6) is 0 Å². The third-order valence-corrected chi connectivity index (χ3v) is 7.84. The second-order valence-corrected chi connectivity index (χ2v) is 11.0. The van der Waals surface area contributed by atoms with Crippen molar-refractivity contribution >= 4 is 17.1 Å². The quantitative estimate of drug-likeness (QED) is 0.295. The van der Waals surface area contributed by atoms with Gasteiger partial charge >= 0.3 is 0 Å². The minimum Gasteiger partial charge on any atom is -0.294 e. The summed E-state index contributed by atoms with van der Waals surface area (Å²) < 4.78 is 16.2. The van der Waals surface area contributed by atoms with Crippen LogP contribution in [-0.4, -0.2) is 15.3 Å². The number of aryl methyl sites for hydroxylation is 2. The van der Waals surface area contributed by atoms with Gasteiger partial charge in [-0.2, -0.15) is 0 Å². The zero-order valence-electron chi connectivity index (χ0n) is 21.0. The summed E-state index contributed by atoms with van der Waals surface area (Å²) >= 11 is 1.29. The molecule has 0 saturated heterocycles. The Balaban J connectivity index is 1.81. The van der Waals surface area contributed by atoms with Gasteiger partial charge in [-0.15, -0.1) is 11.3 Å². The van der Waals surface area contributed by atoms with Crippen molar-refractivity contribution in [1.82, 2.24) is 9.55 Å². The van der Waals surface area contributed by atoms with Crippen LogP contribution in [0.25, 0.3) is 27.5 Å². The van der Waals surface area contributed by atoms with Gasteiger partial charge in [-0.3, -0.25) is 14.2 Å². The second-order valence-electron chi connectivity index (χ2n) is 10.1. The van der Waals surface area contributed by atoms with Crippen molar-refractivity contribution in [2.75, 3.05) is 0 Å². The van der Waals surface area contributed by atoms with Gasteiger partial charge in [0.2, 0.25) is 0 Å². The van der Waals surface area contributed by atoms with Crippen LogP contribution in [0, 0.1) is 11.2 Å². The molecular weight excluding hydrogens is 471 g/mol. The Labute approximate surface area is 214 Å². The lowest BCUT2D eigenvalue weighted by molar-refractivity contribution is 0.0909. The molecule has 2 heterocycles. The van der Waals surface area contributed by atoms with Crippen LogP contribution in [0.2, 0.25) is 0 Å². The number of para-hydroxylation sites is 1. The molecule has 0 bridgehead atoms. The number of hydrogen-bond donors (Lipinski definition) is 0. The van der Waals surface area contributed by atoms with E-state index >= 15 is 0 Å². The van der Waals surface area contributed by atoms with Gasteiger partial charge in [0.15, 0.2) is 5.78 Å². The number of nitrogens with zero attached hydrogens (tertiary/aromatic N) is 2. The lowest BCUT2D eigenvalue weighted by Crippen LogP contribution is -2.35. The molecule has 6 heteroatoms. The molecule has 5 rings (SSSR count). The lowest BCUT2D eigenvalue weighted by atomic mass is 9.75. The van der Waals surface area contributed by atoms with Crippen molar-refractivity contribution in [2.24, 2.45) is 5.41 Å². The minimum atomic E-state index is -0.362. The molecule has 0 atom stereocenters. The van der Waals surface area contributed by atoms with Crippen LogP contribution in [0.3, 0.4) is 0 Å². The van der Waals surface area contributed by atoms with Crippen LogP contribution >= 0.6 is 11.3 Å². The highest BCUT2D eigenvalue weighted by Crippen LogP contribution is 2.38. The van der Waals surface area contributed by atoms with Crippen molar-refractivity contribution < 1.29 is 9.18 Å². The number of benzene rings is 2. The molecule has 0 unspecified atom stereocenters. The molecule has 2 aromatic carbocycles. The van der Waals surface area contributed by atoms with Crippen molar-refractivity contribution in [3.05, 3.63) is 92.5 Å². The predicted molar refractivity (Wildman–Crippen MR) is 144 cm³/mol. The summed E-state index contributed by atoms with van der Waals surface area (Å²) in [5.74, 6) is -0.326. The first-order valence-electron chi connectivity index (χ1n) is 12.4. The zero-order chi connectivity index (χ0) is 25.6. The molecule has 1 aliphatic carbocycles. The first-order valence-corrected chi connectivity index (χ1v) is 13.3. The first kappa shape index (κ1) is 24.3. The van der Waals surface area contributed by atoms with E-state index in [1.807, 2.05) is 6.07 Å². The predicted octanol–water partition coefficient (Wildman–Crippen LogP) is 7.05. The fourth-order valence-corrected chi connectivity index (χ4v) is 6.02. The average Bonchev–Trinajstić information content (AvgIpc) is 3.33. The van der Waals surface area contributed by atoms with Crippen molar-refractivity contribution in [3.8, 4) is 27.5 Å². The van der Waals surface area contributed by atoms with Crippen molar-refractivity contribution in [2.45, 2.75) is 53.4 Å². The topological polar surface area (TPSA) is 52.0 Å². The lowest BCUT2D eigenvalue weighted by Gasteiger charge is -2.33. The van der Waals surface area contributed by atoms with Crippen LogP contribution < -0.4 is 5.56 Å². The molecule has 0 aliphatic heterocycles. The normalized spacial score (nSPS) is 14.6. The number of aromatic nitrogens is 2. The Morgan fingerprint density at radius 2 is 1.64 bits per heavy atom. The van der Waals surface area contributed by atoms with Crippen LogP contribution in [0.15, 0.2) is 58.7 Å². The molecule has 0 spiro atoms. The number of ketones is 1.